The molecule has 1 aromatic carbocycles. The highest BCUT2D eigenvalue weighted by Gasteiger charge is 2.12. The minimum absolute atomic E-state index is 0.526. The number of hydrogen-bond acceptors (Lipinski definition) is 4. The van der Waals surface area contributed by atoms with E-state index < -0.39 is 0 Å². The Hall–Kier alpha value is -1.82. The molecule has 0 aliphatic rings. The molecule has 0 unspecified atom stereocenters. The molecule has 0 aliphatic carbocycles. The summed E-state index contributed by atoms with van der Waals surface area (Å²) < 4.78 is 8.22. The number of rotatable bonds is 1. The summed E-state index contributed by atoms with van der Waals surface area (Å²) in [7, 11) is 1.84. The van der Waals surface area contributed by atoms with E-state index in [-0.39, 0.29) is 0 Å². The van der Waals surface area contributed by atoms with Gasteiger partial charge >= 0.3 is 0 Å². The third kappa shape index (κ3) is 1.70. The average molecular weight is 293 g/mol. The van der Waals surface area contributed by atoms with Crippen molar-refractivity contribution in [1.82, 2.24) is 14.8 Å². The van der Waals surface area contributed by atoms with Crippen LogP contribution in [0, 0.1) is 0 Å². The van der Waals surface area contributed by atoms with E-state index in [2.05, 4.69) is 26.0 Å². The van der Waals surface area contributed by atoms with Crippen LogP contribution in [0.25, 0.3) is 22.6 Å². The molecule has 5 nitrogen and oxygen atoms in total. The standard InChI is InChI=1S/C11H9BrN4O/c1-16-5-6(4-14-16)11-15-9-3-7(12)2-8(13)10(9)17-11/h2-5H,13H2,1H3. The highest BCUT2D eigenvalue weighted by atomic mass is 79.9. The second-order valence-electron chi connectivity index (χ2n) is 3.76. The summed E-state index contributed by atoms with van der Waals surface area (Å²) in [6.07, 6.45) is 3.55. The first-order chi connectivity index (χ1) is 8.13. The Kier molecular flexibility index (Phi) is 2.19. The Morgan fingerprint density at radius 2 is 2.24 bits per heavy atom. The van der Waals surface area contributed by atoms with Crippen LogP contribution in [-0.2, 0) is 7.05 Å². The normalized spacial score (nSPS) is 11.2. The van der Waals surface area contributed by atoms with Gasteiger partial charge in [0.2, 0.25) is 5.89 Å². The molecule has 0 fully saturated rings. The maximum absolute atomic E-state index is 5.87. The molecule has 3 aromatic rings. The molecule has 0 radical (unpaired) electrons. The number of aryl methyl sites for hydroxylation is 1. The minimum Gasteiger partial charge on any atom is -0.434 e. The van der Waals surface area contributed by atoms with E-state index in [1.165, 1.54) is 0 Å². The fraction of sp³-hybridized carbons (Fsp3) is 0.0909. The van der Waals surface area contributed by atoms with Crippen molar-refractivity contribution in [2.45, 2.75) is 0 Å². The number of nitrogens with zero attached hydrogens (tertiary/aromatic N) is 3. The third-order valence-corrected chi connectivity index (χ3v) is 2.89. The monoisotopic (exact) mass is 292 g/mol. The molecular weight excluding hydrogens is 284 g/mol. The van der Waals surface area contributed by atoms with E-state index in [1.54, 1.807) is 16.9 Å². The lowest BCUT2D eigenvalue weighted by atomic mass is 10.3. The lowest BCUT2D eigenvalue weighted by Gasteiger charge is -1.93. The largest absolute Gasteiger partial charge is 0.434 e. The average Bonchev–Trinajstić information content (AvgIpc) is 2.83. The lowest BCUT2D eigenvalue weighted by Crippen LogP contribution is -1.84. The predicted octanol–water partition coefficient (Wildman–Crippen LogP) is 2.57. The number of aromatic nitrogens is 3. The lowest BCUT2D eigenvalue weighted by molar-refractivity contribution is 0.621. The number of oxazole rings is 1. The summed E-state index contributed by atoms with van der Waals surface area (Å²) in [5, 5.41) is 4.08. The Morgan fingerprint density at radius 1 is 1.41 bits per heavy atom. The van der Waals surface area contributed by atoms with Crippen molar-refractivity contribution >= 4 is 32.7 Å². The van der Waals surface area contributed by atoms with Crippen molar-refractivity contribution in [3.05, 3.63) is 29.0 Å². The molecule has 17 heavy (non-hydrogen) atoms. The summed E-state index contributed by atoms with van der Waals surface area (Å²) in [6.45, 7) is 0. The topological polar surface area (TPSA) is 69.9 Å². The first kappa shape index (κ1) is 10.3. The molecule has 86 valence electrons. The van der Waals surface area contributed by atoms with Gasteiger partial charge in [-0.1, -0.05) is 15.9 Å². The van der Waals surface area contributed by atoms with Crippen LogP contribution >= 0.6 is 15.9 Å². The van der Waals surface area contributed by atoms with Crippen LogP contribution in [0.1, 0.15) is 0 Å². The maximum Gasteiger partial charge on any atom is 0.230 e. The molecule has 0 amide bonds. The van der Waals surface area contributed by atoms with Crippen LogP contribution in [-0.4, -0.2) is 14.8 Å². The van der Waals surface area contributed by atoms with Crippen LogP contribution in [0.4, 0.5) is 5.69 Å². The SMILES string of the molecule is Cn1cc(-c2nc3cc(Br)cc(N)c3o2)cn1. The van der Waals surface area contributed by atoms with E-state index in [0.29, 0.717) is 17.2 Å². The van der Waals surface area contributed by atoms with Gasteiger partial charge in [0.15, 0.2) is 5.58 Å². The van der Waals surface area contributed by atoms with Crippen molar-refractivity contribution in [1.29, 1.82) is 0 Å². The number of halogens is 1. The predicted molar refractivity (Wildman–Crippen MR) is 68.3 cm³/mol. The fourth-order valence-electron chi connectivity index (χ4n) is 1.68. The molecule has 0 aliphatic heterocycles. The molecule has 2 aromatic heterocycles. The summed E-state index contributed by atoms with van der Waals surface area (Å²) in [4.78, 5) is 4.39. The third-order valence-electron chi connectivity index (χ3n) is 2.44. The highest BCUT2D eigenvalue weighted by Crippen LogP contribution is 2.30. The number of hydrogen-bond donors (Lipinski definition) is 1. The molecule has 2 heterocycles. The van der Waals surface area contributed by atoms with Crippen molar-refractivity contribution in [2.75, 3.05) is 5.73 Å². The molecule has 3 rings (SSSR count). The molecule has 0 saturated heterocycles. The first-order valence-corrected chi connectivity index (χ1v) is 5.77. The van der Waals surface area contributed by atoms with Gasteiger partial charge in [-0.3, -0.25) is 4.68 Å². The molecule has 0 spiro atoms. The summed E-state index contributed by atoms with van der Waals surface area (Å²) in [5.74, 6) is 0.526. The molecular formula is C11H9BrN4O. The molecule has 0 bridgehead atoms. The van der Waals surface area contributed by atoms with Crippen molar-refractivity contribution < 1.29 is 4.42 Å². The van der Waals surface area contributed by atoms with Gasteiger partial charge in [-0.05, 0) is 12.1 Å². The van der Waals surface area contributed by atoms with E-state index in [9.17, 15) is 0 Å². The maximum atomic E-state index is 5.87. The van der Waals surface area contributed by atoms with Gasteiger partial charge in [0.05, 0.1) is 17.4 Å². The second-order valence-corrected chi connectivity index (χ2v) is 4.68. The van der Waals surface area contributed by atoms with Gasteiger partial charge in [-0.15, -0.1) is 0 Å². The number of fused-ring (bicyclic) bond motifs is 1. The zero-order valence-corrected chi connectivity index (χ0v) is 10.6. The van der Waals surface area contributed by atoms with Gasteiger partial charge in [0.25, 0.3) is 0 Å². The summed E-state index contributed by atoms with van der Waals surface area (Å²) in [5.41, 5.74) is 8.60. The Bertz CT molecular complexity index is 701. The molecule has 2 N–H and O–H groups in total. The number of nitrogens with two attached hydrogens (primary N) is 1. The van der Waals surface area contributed by atoms with Crippen molar-refractivity contribution in [3.63, 3.8) is 0 Å². The van der Waals surface area contributed by atoms with Crippen molar-refractivity contribution in [3.8, 4) is 11.5 Å². The van der Waals surface area contributed by atoms with Crippen LogP contribution < -0.4 is 5.73 Å². The zero-order valence-electron chi connectivity index (χ0n) is 9.01. The van der Waals surface area contributed by atoms with Crippen molar-refractivity contribution in [2.24, 2.45) is 7.05 Å². The Morgan fingerprint density at radius 3 is 2.94 bits per heavy atom. The summed E-state index contributed by atoms with van der Waals surface area (Å²) >= 11 is 3.37. The number of anilines is 1. The highest BCUT2D eigenvalue weighted by molar-refractivity contribution is 9.10. The Balaban J connectivity index is 2.23. The smallest absolute Gasteiger partial charge is 0.230 e. The van der Waals surface area contributed by atoms with Gasteiger partial charge < -0.3 is 10.2 Å². The fourth-order valence-corrected chi connectivity index (χ4v) is 2.14. The quantitative estimate of drug-likeness (QED) is 0.700. The first-order valence-electron chi connectivity index (χ1n) is 4.98. The van der Waals surface area contributed by atoms with Gasteiger partial charge in [0.1, 0.15) is 5.52 Å². The van der Waals surface area contributed by atoms with Gasteiger partial charge in [-0.25, -0.2) is 4.98 Å². The molecule has 0 saturated carbocycles. The number of benzene rings is 1. The minimum atomic E-state index is 0.526. The van der Waals surface area contributed by atoms with Gasteiger partial charge in [0, 0.05) is 17.7 Å². The van der Waals surface area contributed by atoms with E-state index >= 15 is 0 Å². The second kappa shape index (κ2) is 3.59. The van der Waals surface area contributed by atoms with E-state index in [0.717, 1.165) is 15.6 Å². The van der Waals surface area contributed by atoms with Crippen LogP contribution in [0.15, 0.2) is 33.4 Å². The van der Waals surface area contributed by atoms with Gasteiger partial charge in [-0.2, -0.15) is 5.10 Å². The van der Waals surface area contributed by atoms with Crippen LogP contribution in [0.5, 0.6) is 0 Å². The van der Waals surface area contributed by atoms with E-state index in [1.807, 2.05) is 19.3 Å². The Labute approximate surface area is 105 Å². The summed E-state index contributed by atoms with van der Waals surface area (Å²) in [6, 6.07) is 3.66. The van der Waals surface area contributed by atoms with Crippen LogP contribution in [0.2, 0.25) is 0 Å². The zero-order chi connectivity index (χ0) is 12.0. The molecule has 6 heteroatoms. The number of nitrogen functional groups attached to an aromatic ring is 1. The van der Waals surface area contributed by atoms with E-state index in [4.69, 9.17) is 10.2 Å². The molecule has 0 atom stereocenters. The van der Waals surface area contributed by atoms with Crippen LogP contribution in [0.3, 0.4) is 0 Å².